The molecule has 2 saturated heterocycles. The number of nitrogen functional groups attached to an aromatic ring is 2. The fourth-order valence-electron chi connectivity index (χ4n) is 19.1. The average Bonchev–Trinajstić information content (AvgIpc) is 1.11. The summed E-state index contributed by atoms with van der Waals surface area (Å²) in [7, 11) is -33.5. The molecule has 142 heavy (non-hydrogen) atoms. The van der Waals surface area contributed by atoms with Crippen molar-refractivity contribution in [3.8, 4) is 46.7 Å². The van der Waals surface area contributed by atoms with E-state index < -0.39 is 120 Å². The summed E-state index contributed by atoms with van der Waals surface area (Å²) in [5.41, 5.74) is 20.8. The first-order valence-electron chi connectivity index (χ1n) is 45.1. The van der Waals surface area contributed by atoms with Gasteiger partial charge < -0.3 is 119 Å². The highest BCUT2D eigenvalue weighted by molar-refractivity contribution is 7.67. The largest absolute Gasteiger partial charge is 0.545 e. The summed E-state index contributed by atoms with van der Waals surface area (Å²) < 4.78 is 127. The first-order valence-corrected chi connectivity index (χ1v) is 54.2. The van der Waals surface area contributed by atoms with Crippen LogP contribution >= 0.6 is 46.9 Å². The maximum atomic E-state index is 13.9. The Morgan fingerprint density at radius 2 is 0.923 bits per heavy atom. The molecular weight excluding hydrogens is 1970 g/mol. The van der Waals surface area contributed by atoms with Crippen molar-refractivity contribution in [1.82, 2.24) is 48.9 Å². The predicted molar refractivity (Wildman–Crippen MR) is 505 cm³/mol. The molecule has 18 rings (SSSR count). The Bertz CT molecular complexity index is 7800. The van der Waals surface area contributed by atoms with Gasteiger partial charge in [0.2, 0.25) is 22.6 Å². The van der Waals surface area contributed by atoms with E-state index in [1.54, 1.807) is 18.2 Å². The van der Waals surface area contributed by atoms with Crippen LogP contribution in [0.15, 0.2) is 107 Å². The molecule has 8 aliphatic heterocycles. The first-order chi connectivity index (χ1) is 67.4. The van der Waals surface area contributed by atoms with E-state index in [0.29, 0.717) is 50.5 Å². The number of phosphoric acid groups is 6. The van der Waals surface area contributed by atoms with E-state index in [2.05, 4.69) is 142 Å². The summed E-state index contributed by atoms with van der Waals surface area (Å²) in [6.07, 6.45) is 7.33. The number of aromatic carboxylic acids is 2. The number of H-pyrrole nitrogens is 2. The van der Waals surface area contributed by atoms with Crippen LogP contribution in [0.1, 0.15) is 189 Å². The molecule has 2 fully saturated rings. The zero-order valence-electron chi connectivity index (χ0n) is 76.3. The van der Waals surface area contributed by atoms with Gasteiger partial charge in [0.05, 0.1) is 84.5 Å². The quantitative estimate of drug-likeness (QED) is 0.0186. The number of nitrogens with two attached hydrogens (primary N) is 2. The van der Waals surface area contributed by atoms with Crippen LogP contribution in [-0.2, 0) is 88.8 Å². The molecular formula is C90H96N14O32P6. The van der Waals surface area contributed by atoms with Crippen molar-refractivity contribution in [1.29, 1.82) is 0 Å². The number of aryl methyl sites for hydroxylation is 4. The van der Waals surface area contributed by atoms with Crippen molar-refractivity contribution in [3.05, 3.63) is 217 Å². The highest BCUT2D eigenvalue weighted by Crippen LogP contribution is 2.68. The summed E-state index contributed by atoms with van der Waals surface area (Å²) >= 11 is 0. The average molecular weight is 2070 g/mol. The molecule has 52 heteroatoms. The van der Waals surface area contributed by atoms with Crippen molar-refractivity contribution >= 4 is 127 Å². The number of carbonyl (C=O) groups is 4. The fourth-order valence-corrected chi connectivity index (χ4v) is 25.2. The molecule has 4 unspecified atom stereocenters. The Hall–Kier alpha value is -12.0. The molecule has 0 aliphatic carbocycles. The smallest absolute Gasteiger partial charge is 0.490 e. The van der Waals surface area contributed by atoms with Gasteiger partial charge in [0.25, 0.3) is 22.9 Å². The monoisotopic (exact) mass is 2070 g/mol. The second-order valence-electron chi connectivity index (χ2n) is 34.2. The molecule has 8 aliphatic rings. The normalized spacial score (nSPS) is 19.0. The van der Waals surface area contributed by atoms with Crippen LogP contribution in [0.3, 0.4) is 0 Å². The Labute approximate surface area is 806 Å². The number of nitrogens with one attached hydrogen (secondary N) is 4. The number of amides is 2. The van der Waals surface area contributed by atoms with Gasteiger partial charge in [-0.15, -0.1) is 0 Å². The van der Waals surface area contributed by atoms with E-state index in [0.717, 1.165) is 159 Å². The van der Waals surface area contributed by atoms with Crippen LogP contribution in [0.5, 0.6) is 23.0 Å². The SMILES string of the molecule is CCN1CCCc2cc3c(cc21)Oc1cc2c(cc1=C3c1cc(C(=O)NCC#Cc3cn([C@H]4CC[C@@H](COP(=O)(O)OP(=O)(O)OP(=O)(O)O)O4)c4nc(N)[nH]c(=O)c34)ccc1C(=O)[O-])CCC[N+]=2CC.CCN1CCCc2cc3c(cc21)Oc1cc2c(cc1=C3c1ccc(C(=O)NCC#Cc3cn([C@H]4CC[C@@H](COP(=O)(O)OP(=O)(O)OP(=O)(O)O)O4)c4nc(N)[nH]c(=O)c34)cc1C(=O)[O-])CCC[N+]=2CC. The van der Waals surface area contributed by atoms with Gasteiger partial charge in [-0.05, 0) is 163 Å². The minimum atomic E-state index is -5.73. The third-order valence-corrected chi connectivity index (χ3v) is 32.8. The van der Waals surface area contributed by atoms with Crippen LogP contribution in [0, 0.1) is 23.7 Å². The van der Waals surface area contributed by atoms with Crippen molar-refractivity contribution in [3.63, 3.8) is 0 Å². The zero-order valence-corrected chi connectivity index (χ0v) is 81.7. The molecule has 748 valence electrons. The maximum absolute atomic E-state index is 13.9. The molecule has 0 radical (unpaired) electrons. The van der Waals surface area contributed by atoms with Crippen LogP contribution in [0.2, 0.25) is 0 Å². The van der Waals surface area contributed by atoms with E-state index in [1.165, 1.54) is 39.7 Å². The number of carboxylic acids is 2. The zero-order chi connectivity index (χ0) is 101. The lowest BCUT2D eigenvalue weighted by molar-refractivity contribution is -0.256. The Kier molecular flexibility index (Phi) is 29.1. The predicted octanol–water partition coefficient (Wildman–Crippen LogP) is 4.11. The topological polar surface area (TPSA) is 661 Å². The van der Waals surface area contributed by atoms with Gasteiger partial charge in [-0.25, -0.2) is 36.5 Å². The number of aromatic nitrogens is 6. The van der Waals surface area contributed by atoms with Crippen molar-refractivity contribution in [2.24, 2.45) is 0 Å². The Balaban J connectivity index is 0.000000195. The van der Waals surface area contributed by atoms with Gasteiger partial charge in [0.1, 0.15) is 61.6 Å². The summed E-state index contributed by atoms with van der Waals surface area (Å²) in [5, 5.41) is 35.1. The maximum Gasteiger partial charge on any atom is 0.490 e. The van der Waals surface area contributed by atoms with E-state index in [-0.39, 0.29) is 112 Å². The minimum absolute atomic E-state index is 0.0210. The van der Waals surface area contributed by atoms with Gasteiger partial charge >= 0.3 is 46.9 Å². The summed E-state index contributed by atoms with van der Waals surface area (Å²) in [6.45, 7) is 13.5. The Morgan fingerprint density at radius 3 is 1.35 bits per heavy atom. The number of benzene rings is 6. The second kappa shape index (κ2) is 40.7. The first kappa shape index (κ1) is 102. The van der Waals surface area contributed by atoms with Crippen LogP contribution in [0.4, 0.5) is 23.3 Å². The number of hydrogen-bond donors (Lipinski definition) is 14. The molecule has 2 amide bonds. The number of phosphoric ester groups is 2. The number of rotatable bonds is 28. The van der Waals surface area contributed by atoms with Gasteiger partial charge in [0, 0.05) is 141 Å². The molecule has 4 aromatic heterocycles. The number of fused-ring (bicyclic) bond motifs is 10. The highest BCUT2D eigenvalue weighted by atomic mass is 31.3. The summed E-state index contributed by atoms with van der Waals surface area (Å²) in [4.78, 5) is 172. The van der Waals surface area contributed by atoms with E-state index in [9.17, 15) is 85.9 Å². The molecule has 0 bridgehead atoms. The van der Waals surface area contributed by atoms with E-state index in [4.69, 9.17) is 59.0 Å². The minimum Gasteiger partial charge on any atom is -0.545 e. The molecule has 8 atom stereocenters. The molecule has 16 N–H and O–H groups in total. The highest BCUT2D eigenvalue weighted by Gasteiger charge is 2.45. The van der Waals surface area contributed by atoms with Gasteiger partial charge in [0.15, 0.2) is 11.3 Å². The number of nitrogens with zero attached hydrogens (tertiary/aromatic N) is 8. The number of aromatic amines is 2. The van der Waals surface area contributed by atoms with Crippen molar-refractivity contribution in [2.45, 2.75) is 129 Å². The summed E-state index contributed by atoms with van der Waals surface area (Å²) in [5.74, 6) is 9.19. The van der Waals surface area contributed by atoms with E-state index in [1.807, 2.05) is 24.3 Å². The summed E-state index contributed by atoms with van der Waals surface area (Å²) in [6, 6.07) is 25.2. The van der Waals surface area contributed by atoms with Crippen molar-refractivity contribution < 1.29 is 141 Å². The third-order valence-electron chi connectivity index (χ3n) is 25.2. The second-order valence-corrected chi connectivity index (χ2v) is 43.1. The number of ether oxygens (including phenoxy) is 4. The third kappa shape index (κ3) is 22.1. The lowest BCUT2D eigenvalue weighted by Crippen LogP contribution is -2.39. The number of carbonyl (C=O) groups excluding carboxylic acids is 4. The Morgan fingerprint density at radius 1 is 0.500 bits per heavy atom. The van der Waals surface area contributed by atoms with Crippen LogP contribution in [0.25, 0.3) is 33.2 Å². The van der Waals surface area contributed by atoms with E-state index >= 15 is 0 Å². The van der Waals surface area contributed by atoms with Gasteiger partial charge in [-0.2, -0.15) is 27.2 Å². The number of hydrogen-bond acceptors (Lipinski definition) is 30. The standard InChI is InChI=1S/2C45H48N7O16P3/c1-3-50-16-6-9-25-18-32-36(21-34(25)50)66-37-22-35-26(10-7-17-51(35)4-2)19-33(37)40(32)31-20-27(11-13-30(31)44(55)56)42(53)47-15-5-8-28-23-52(41-39(28)43(54)49-45(46)48-41)38-14-12-29(65-38)24-64-70(60,61)68-71(62,63)67-69(57,58)59;1-3-50-16-6-9-25-18-32-36(21-34(25)50)66-37-22-35-26(10-7-17-51(35)4-2)19-33(37)40(32)30-13-11-27(20-31(30)44(55)56)42(53)47-15-5-8-28-23-52(41-39(28)43(54)49-45(46)48-41)38-14-12-29(65-38)24-64-70(60,61)68-71(62,63)67-69(57,58)59/h2*11,13,18-23,29,38H,3-4,6-7,9-10,12,14-17,24H2,1-2H3,(H8-,46,47,48,49,53,54,55,56,57,58,59,60,61,62,63)/t2*29-,38+/m00/s1. The number of carboxylic acid groups (broad SMARTS) is 2. The van der Waals surface area contributed by atoms with Gasteiger partial charge in [-0.1, -0.05) is 35.8 Å². The van der Waals surface area contributed by atoms with Crippen LogP contribution < -0.4 is 93.0 Å². The lowest BCUT2D eigenvalue weighted by atomic mass is 9.85. The number of anilines is 4. The molecule has 46 nitrogen and oxygen atoms in total. The molecule has 12 heterocycles. The molecule has 0 saturated carbocycles. The van der Waals surface area contributed by atoms with Crippen LogP contribution in [-0.4, -0.2) is 183 Å². The molecule has 0 spiro atoms. The van der Waals surface area contributed by atoms with Crippen molar-refractivity contribution in [2.75, 3.05) is 99.9 Å². The van der Waals surface area contributed by atoms with Gasteiger partial charge in [-0.3, -0.25) is 38.2 Å². The molecule has 10 aromatic rings. The molecule has 6 aromatic carbocycles. The lowest BCUT2D eigenvalue weighted by Gasteiger charge is -2.33. The fraction of sp³-hybridized carbons (Fsp3) is 0.356.